The number of aryl methyl sites for hydroxylation is 2. The van der Waals surface area contributed by atoms with E-state index in [0.29, 0.717) is 5.57 Å². The molecule has 0 aliphatic carbocycles. The Hall–Kier alpha value is -2.05. The molecule has 18 heavy (non-hydrogen) atoms. The molecule has 1 N–H and O–H groups in total. The molecule has 0 saturated heterocycles. The van der Waals surface area contributed by atoms with Gasteiger partial charge in [-0.15, -0.1) is 11.3 Å². The fourth-order valence-electron chi connectivity index (χ4n) is 1.58. The zero-order valence-electron chi connectivity index (χ0n) is 10.4. The van der Waals surface area contributed by atoms with Gasteiger partial charge in [0.25, 0.3) is 0 Å². The van der Waals surface area contributed by atoms with Gasteiger partial charge in [0, 0.05) is 16.8 Å². The lowest BCUT2D eigenvalue weighted by Gasteiger charge is -2.05. The Morgan fingerprint density at radius 3 is 2.72 bits per heavy atom. The number of thiophene rings is 1. The van der Waals surface area contributed by atoms with E-state index in [1.165, 1.54) is 11.1 Å². The molecule has 2 rings (SSSR count). The van der Waals surface area contributed by atoms with E-state index in [4.69, 9.17) is 5.26 Å². The smallest absolute Gasteiger partial charge is 0.102 e. The number of hydrogen-bond donors (Lipinski definition) is 1. The maximum Gasteiger partial charge on any atom is 0.102 e. The fraction of sp³-hybridized carbons (Fsp3) is 0.133. The van der Waals surface area contributed by atoms with Crippen LogP contribution in [0.4, 0.5) is 5.69 Å². The molecule has 1 aromatic heterocycles. The largest absolute Gasteiger partial charge is 0.360 e. The van der Waals surface area contributed by atoms with Crippen molar-refractivity contribution in [3.8, 4) is 6.07 Å². The van der Waals surface area contributed by atoms with Crippen molar-refractivity contribution in [3.05, 3.63) is 57.9 Å². The monoisotopic (exact) mass is 254 g/mol. The molecule has 0 amide bonds. The fourth-order valence-corrected chi connectivity index (χ4v) is 2.27. The van der Waals surface area contributed by atoms with Crippen molar-refractivity contribution >= 4 is 22.6 Å². The van der Waals surface area contributed by atoms with Crippen molar-refractivity contribution < 1.29 is 0 Å². The van der Waals surface area contributed by atoms with E-state index in [1.54, 1.807) is 17.5 Å². The van der Waals surface area contributed by atoms with Gasteiger partial charge in [-0.3, -0.25) is 0 Å². The van der Waals surface area contributed by atoms with E-state index < -0.39 is 0 Å². The molecule has 0 aliphatic heterocycles. The van der Waals surface area contributed by atoms with Crippen LogP contribution in [0.2, 0.25) is 0 Å². The summed E-state index contributed by atoms with van der Waals surface area (Å²) in [6, 6.07) is 12.3. The molecule has 0 radical (unpaired) electrons. The van der Waals surface area contributed by atoms with Gasteiger partial charge in [0.1, 0.15) is 6.07 Å². The molecular formula is C15H14N2S. The van der Waals surface area contributed by atoms with E-state index in [2.05, 4.69) is 37.4 Å². The zero-order valence-corrected chi connectivity index (χ0v) is 11.2. The van der Waals surface area contributed by atoms with Gasteiger partial charge in [0.2, 0.25) is 0 Å². The van der Waals surface area contributed by atoms with E-state index in [-0.39, 0.29) is 0 Å². The van der Waals surface area contributed by atoms with Gasteiger partial charge < -0.3 is 5.32 Å². The molecule has 0 fully saturated rings. The maximum atomic E-state index is 9.12. The second-order valence-electron chi connectivity index (χ2n) is 4.09. The predicted octanol–water partition coefficient (Wildman–Crippen LogP) is 4.34. The third-order valence-corrected chi connectivity index (χ3v) is 3.70. The van der Waals surface area contributed by atoms with E-state index in [1.807, 2.05) is 23.6 Å². The minimum Gasteiger partial charge on any atom is -0.360 e. The molecule has 90 valence electrons. The second kappa shape index (κ2) is 5.52. The van der Waals surface area contributed by atoms with Crippen molar-refractivity contribution in [2.75, 3.05) is 5.32 Å². The summed E-state index contributed by atoms with van der Waals surface area (Å²) in [6.45, 7) is 4.16. The lowest BCUT2D eigenvalue weighted by molar-refractivity contribution is 1.34. The Morgan fingerprint density at radius 2 is 2.11 bits per heavy atom. The van der Waals surface area contributed by atoms with Crippen LogP contribution in [0.25, 0.3) is 5.57 Å². The van der Waals surface area contributed by atoms with Crippen molar-refractivity contribution in [2.45, 2.75) is 13.8 Å². The number of rotatable bonds is 3. The third-order valence-electron chi connectivity index (χ3n) is 2.80. The lowest BCUT2D eigenvalue weighted by atomic mass is 10.1. The van der Waals surface area contributed by atoms with E-state index in [0.717, 1.165) is 10.6 Å². The van der Waals surface area contributed by atoms with Gasteiger partial charge >= 0.3 is 0 Å². The van der Waals surface area contributed by atoms with Crippen molar-refractivity contribution in [2.24, 2.45) is 0 Å². The molecule has 1 aromatic carbocycles. The highest BCUT2D eigenvalue weighted by Crippen LogP contribution is 2.20. The van der Waals surface area contributed by atoms with Gasteiger partial charge in [-0.2, -0.15) is 5.26 Å². The molecule has 0 aliphatic rings. The lowest BCUT2D eigenvalue weighted by Crippen LogP contribution is -1.91. The summed E-state index contributed by atoms with van der Waals surface area (Å²) in [4.78, 5) is 0.980. The molecule has 2 nitrogen and oxygen atoms in total. The van der Waals surface area contributed by atoms with Crippen molar-refractivity contribution in [1.29, 1.82) is 5.26 Å². The van der Waals surface area contributed by atoms with Crippen LogP contribution in [-0.4, -0.2) is 0 Å². The minimum atomic E-state index is 0.656. The van der Waals surface area contributed by atoms with Crippen LogP contribution in [0.5, 0.6) is 0 Å². The molecular weight excluding hydrogens is 240 g/mol. The number of hydrogen-bond acceptors (Lipinski definition) is 3. The first-order valence-electron chi connectivity index (χ1n) is 5.68. The van der Waals surface area contributed by atoms with Gasteiger partial charge in [0.05, 0.1) is 5.57 Å². The van der Waals surface area contributed by atoms with E-state index >= 15 is 0 Å². The van der Waals surface area contributed by atoms with Crippen LogP contribution in [0, 0.1) is 25.2 Å². The van der Waals surface area contributed by atoms with Gasteiger partial charge in [-0.05, 0) is 48.6 Å². The second-order valence-corrected chi connectivity index (χ2v) is 5.04. The van der Waals surface area contributed by atoms with Gasteiger partial charge in [-0.1, -0.05) is 12.1 Å². The van der Waals surface area contributed by atoms with Crippen LogP contribution < -0.4 is 5.32 Å². The quantitative estimate of drug-likeness (QED) is 0.827. The van der Waals surface area contributed by atoms with Crippen LogP contribution in [0.1, 0.15) is 16.0 Å². The Labute approximate surface area is 111 Å². The molecule has 1 heterocycles. The number of nitrogens with one attached hydrogen (secondary N) is 1. The van der Waals surface area contributed by atoms with Crippen molar-refractivity contribution in [1.82, 2.24) is 0 Å². The number of allylic oxidation sites excluding steroid dienone is 1. The first kappa shape index (κ1) is 12.4. The summed E-state index contributed by atoms with van der Waals surface area (Å²) in [6.07, 6.45) is 1.76. The van der Waals surface area contributed by atoms with Crippen LogP contribution in [0.15, 0.2) is 41.9 Å². The molecule has 2 aromatic rings. The summed E-state index contributed by atoms with van der Waals surface area (Å²) in [5.74, 6) is 0. The highest BCUT2D eigenvalue weighted by molar-refractivity contribution is 7.11. The first-order chi connectivity index (χ1) is 8.70. The summed E-state index contributed by atoms with van der Waals surface area (Å²) in [7, 11) is 0. The third kappa shape index (κ3) is 2.79. The first-order valence-corrected chi connectivity index (χ1v) is 6.56. The van der Waals surface area contributed by atoms with Crippen LogP contribution in [0.3, 0.4) is 0 Å². The molecule has 3 heteroatoms. The molecule has 0 atom stereocenters. The Bertz CT molecular complexity index is 604. The predicted molar refractivity (Wildman–Crippen MR) is 77.4 cm³/mol. The zero-order chi connectivity index (χ0) is 13.0. The normalized spacial score (nSPS) is 11.1. The summed E-state index contributed by atoms with van der Waals surface area (Å²) in [5, 5.41) is 14.3. The average molecular weight is 254 g/mol. The van der Waals surface area contributed by atoms with Gasteiger partial charge in [0.15, 0.2) is 0 Å². The minimum absolute atomic E-state index is 0.656. The van der Waals surface area contributed by atoms with Crippen LogP contribution >= 0.6 is 11.3 Å². The SMILES string of the molecule is Cc1ccc(N/C=C(/C#N)c2cccs2)cc1C. The van der Waals surface area contributed by atoms with Gasteiger partial charge in [-0.25, -0.2) is 0 Å². The summed E-state index contributed by atoms with van der Waals surface area (Å²) in [5.41, 5.74) is 4.16. The van der Waals surface area contributed by atoms with E-state index in [9.17, 15) is 0 Å². The molecule has 0 unspecified atom stereocenters. The molecule has 0 spiro atoms. The highest BCUT2D eigenvalue weighted by atomic mass is 32.1. The number of nitrogens with zero attached hydrogens (tertiary/aromatic N) is 1. The highest BCUT2D eigenvalue weighted by Gasteiger charge is 2.01. The Kier molecular flexibility index (Phi) is 3.81. The topological polar surface area (TPSA) is 35.8 Å². The summed E-state index contributed by atoms with van der Waals surface area (Å²) < 4.78 is 0. The average Bonchev–Trinajstić information content (AvgIpc) is 2.88. The number of benzene rings is 1. The molecule has 0 saturated carbocycles. The van der Waals surface area contributed by atoms with Crippen molar-refractivity contribution in [3.63, 3.8) is 0 Å². The molecule has 0 bridgehead atoms. The Morgan fingerprint density at radius 1 is 1.28 bits per heavy atom. The summed E-state index contributed by atoms with van der Waals surface area (Å²) >= 11 is 1.57. The van der Waals surface area contributed by atoms with Crippen LogP contribution in [-0.2, 0) is 0 Å². The Balaban J connectivity index is 2.19. The standard InChI is InChI=1S/C15H14N2S/c1-11-5-6-14(8-12(11)2)17-10-13(9-16)15-4-3-7-18-15/h3-8,10,17H,1-2H3/b13-10-. The number of anilines is 1. The number of nitriles is 1. The maximum absolute atomic E-state index is 9.12.